The Balaban J connectivity index is 0.000000238. The van der Waals surface area contributed by atoms with Crippen molar-refractivity contribution in [2.75, 3.05) is 0 Å². The van der Waals surface area contributed by atoms with E-state index in [9.17, 15) is 0 Å². The minimum Gasteiger partial charge on any atom is -0.175 e. The predicted molar refractivity (Wildman–Crippen MR) is 172 cm³/mol. The van der Waals surface area contributed by atoms with Gasteiger partial charge in [-0.05, 0) is 0 Å². The Morgan fingerprint density at radius 1 is 0.385 bits per heavy atom. The van der Waals surface area contributed by atoms with Crippen molar-refractivity contribution in [2.24, 2.45) is 0 Å². The van der Waals surface area contributed by atoms with E-state index in [1.165, 1.54) is 44.5 Å². The molecule has 0 amide bonds. The molecule has 0 aliphatic rings. The molecular formula is C36H34ClScSi-2. The third kappa shape index (κ3) is 9.00. The molecule has 0 fully saturated rings. The SMILES string of the molecule is C[SiH]C.Cl.[Sc].c1ccc(-c2c[cH-]cc2-c2ccccc2)cc1.c1ccc(-c2c[cH-]cc2-c2ccccc2)cc1. The smallest absolute Gasteiger partial charge is 0.0213 e. The molecule has 0 heterocycles. The van der Waals surface area contributed by atoms with Crippen LogP contribution in [-0.2, 0) is 25.8 Å². The van der Waals surface area contributed by atoms with Crippen LogP contribution in [0.2, 0.25) is 13.1 Å². The zero-order chi connectivity index (χ0) is 25.7. The minimum absolute atomic E-state index is 0. The Kier molecular flexibility index (Phi) is 14.5. The first-order valence-corrected chi connectivity index (χ1v) is 15.1. The topological polar surface area (TPSA) is 0 Å². The molecule has 6 aromatic carbocycles. The predicted octanol–water partition coefficient (Wildman–Crippen LogP) is 10.4. The fourth-order valence-electron chi connectivity index (χ4n) is 4.32. The fraction of sp³-hybridized carbons (Fsp3) is 0.0556. The molecule has 0 nitrogen and oxygen atoms in total. The van der Waals surface area contributed by atoms with Crippen LogP contribution in [0.5, 0.6) is 0 Å². The fourth-order valence-corrected chi connectivity index (χ4v) is 4.32. The van der Waals surface area contributed by atoms with Crippen LogP contribution in [-0.4, -0.2) is 9.52 Å². The van der Waals surface area contributed by atoms with Crippen LogP contribution in [0.4, 0.5) is 0 Å². The Morgan fingerprint density at radius 2 is 0.564 bits per heavy atom. The molecule has 0 atom stereocenters. The van der Waals surface area contributed by atoms with E-state index < -0.39 is 0 Å². The first-order valence-electron chi connectivity index (χ1n) is 12.8. The summed E-state index contributed by atoms with van der Waals surface area (Å²) in [6.45, 7) is 4.42. The normalized spacial score (nSPS) is 9.49. The van der Waals surface area contributed by atoms with Crippen molar-refractivity contribution in [1.82, 2.24) is 0 Å². The molecular weight excluding hydrogens is 541 g/mol. The van der Waals surface area contributed by atoms with E-state index in [4.69, 9.17) is 0 Å². The first kappa shape index (κ1) is 32.2. The molecule has 0 aliphatic heterocycles. The van der Waals surface area contributed by atoms with Gasteiger partial charge in [-0.2, -0.15) is 58.7 Å². The number of benzene rings is 4. The number of hydrogen-bond acceptors (Lipinski definition) is 0. The molecule has 0 N–H and O–H groups in total. The van der Waals surface area contributed by atoms with Crippen LogP contribution in [0, 0.1) is 0 Å². The molecule has 0 saturated heterocycles. The van der Waals surface area contributed by atoms with Gasteiger partial charge in [-0.1, -0.05) is 157 Å². The van der Waals surface area contributed by atoms with Gasteiger partial charge >= 0.3 is 0 Å². The number of rotatable bonds is 4. The van der Waals surface area contributed by atoms with E-state index in [0.29, 0.717) is 0 Å². The van der Waals surface area contributed by atoms with Gasteiger partial charge in [0, 0.05) is 35.4 Å². The van der Waals surface area contributed by atoms with Crippen LogP contribution >= 0.6 is 12.4 Å². The largest absolute Gasteiger partial charge is 0.175 e. The summed E-state index contributed by atoms with van der Waals surface area (Å²) in [5.41, 5.74) is 10.3. The van der Waals surface area contributed by atoms with E-state index >= 15 is 0 Å². The second kappa shape index (κ2) is 17.5. The Labute approximate surface area is 261 Å². The van der Waals surface area contributed by atoms with Crippen molar-refractivity contribution < 1.29 is 25.8 Å². The minimum atomic E-state index is 0. The number of hydrogen-bond donors (Lipinski definition) is 0. The second-order valence-corrected chi connectivity index (χ2v) is 9.90. The molecule has 0 aliphatic carbocycles. The number of halogens is 1. The van der Waals surface area contributed by atoms with Gasteiger partial charge in [0.15, 0.2) is 0 Å². The summed E-state index contributed by atoms with van der Waals surface area (Å²) in [6, 6.07) is 55.0. The summed E-state index contributed by atoms with van der Waals surface area (Å²) >= 11 is 0. The van der Waals surface area contributed by atoms with Crippen molar-refractivity contribution in [1.29, 1.82) is 0 Å². The Hall–Kier alpha value is -3.04. The van der Waals surface area contributed by atoms with E-state index in [1.54, 1.807) is 0 Å². The molecule has 0 spiro atoms. The van der Waals surface area contributed by atoms with Crippen molar-refractivity contribution in [2.45, 2.75) is 13.1 Å². The molecule has 2 radical (unpaired) electrons. The summed E-state index contributed by atoms with van der Waals surface area (Å²) in [6.07, 6.45) is 0. The van der Waals surface area contributed by atoms with Crippen molar-refractivity contribution in [3.05, 3.63) is 158 Å². The van der Waals surface area contributed by atoms with E-state index in [0.717, 1.165) is 9.52 Å². The van der Waals surface area contributed by atoms with Crippen LogP contribution in [0.25, 0.3) is 44.5 Å². The third-order valence-electron chi connectivity index (χ3n) is 5.97. The van der Waals surface area contributed by atoms with E-state index in [2.05, 4.69) is 171 Å². The Morgan fingerprint density at radius 3 is 0.744 bits per heavy atom. The molecule has 3 heteroatoms. The average molecular weight is 575 g/mol. The average Bonchev–Trinajstić information content (AvgIpc) is 3.67. The summed E-state index contributed by atoms with van der Waals surface area (Å²) in [5.74, 6) is 0. The maximum atomic E-state index is 2.21. The maximum absolute atomic E-state index is 2.21. The standard InChI is InChI=1S/2C17H13.C2H7Si.ClH.Sc/c2*1-3-8-14(9-4-1)16-12-7-13-17(16)15-10-5-2-6-11-15;1-3-2;;/h2*1-13H;3H,1-2H3;1H;/q2*-1;;;. The third-order valence-corrected chi connectivity index (χ3v) is 5.97. The summed E-state index contributed by atoms with van der Waals surface area (Å²) < 4.78 is 0. The van der Waals surface area contributed by atoms with E-state index in [-0.39, 0.29) is 38.3 Å². The van der Waals surface area contributed by atoms with Crippen LogP contribution in [0.3, 0.4) is 0 Å². The monoisotopic (exact) mass is 574 g/mol. The van der Waals surface area contributed by atoms with Crippen LogP contribution in [0.1, 0.15) is 0 Å². The van der Waals surface area contributed by atoms with Crippen molar-refractivity contribution in [3.8, 4) is 44.5 Å². The summed E-state index contributed by atoms with van der Waals surface area (Å²) in [4.78, 5) is 0. The first-order chi connectivity index (χ1) is 18.3. The quantitative estimate of drug-likeness (QED) is 0.145. The zero-order valence-electron chi connectivity index (χ0n) is 22.6. The molecule has 194 valence electrons. The molecule has 6 rings (SSSR count). The molecule has 0 unspecified atom stereocenters. The molecule has 39 heavy (non-hydrogen) atoms. The van der Waals surface area contributed by atoms with Gasteiger partial charge in [0.25, 0.3) is 0 Å². The Bertz CT molecular complexity index is 1220. The van der Waals surface area contributed by atoms with Gasteiger partial charge in [-0.3, -0.25) is 0 Å². The van der Waals surface area contributed by atoms with Gasteiger partial charge < -0.3 is 0 Å². The molecule has 6 aromatic rings. The summed E-state index contributed by atoms with van der Waals surface area (Å²) in [5, 5.41) is 0. The van der Waals surface area contributed by atoms with Gasteiger partial charge in [-0.15, -0.1) is 12.4 Å². The van der Waals surface area contributed by atoms with Gasteiger partial charge in [0.1, 0.15) is 0 Å². The molecule has 0 bridgehead atoms. The van der Waals surface area contributed by atoms with Crippen LogP contribution < -0.4 is 0 Å². The second-order valence-electron chi connectivity index (χ2n) is 8.75. The maximum Gasteiger partial charge on any atom is 0.0213 e. The molecule has 0 saturated carbocycles. The van der Waals surface area contributed by atoms with Gasteiger partial charge in [-0.25, -0.2) is 0 Å². The molecule has 0 aromatic heterocycles. The van der Waals surface area contributed by atoms with Gasteiger partial charge in [0.2, 0.25) is 0 Å². The van der Waals surface area contributed by atoms with E-state index in [1.807, 2.05) is 0 Å². The van der Waals surface area contributed by atoms with Gasteiger partial charge in [0.05, 0.1) is 0 Å². The van der Waals surface area contributed by atoms with Crippen molar-refractivity contribution >= 4 is 21.9 Å². The zero-order valence-corrected chi connectivity index (χ0v) is 26.3. The summed E-state index contributed by atoms with van der Waals surface area (Å²) in [7, 11) is 0.750. The van der Waals surface area contributed by atoms with Crippen molar-refractivity contribution in [3.63, 3.8) is 0 Å². The van der Waals surface area contributed by atoms with Crippen LogP contribution in [0.15, 0.2) is 158 Å².